The molecule has 0 aromatic carbocycles. The third-order valence-corrected chi connectivity index (χ3v) is 4.09. The largest absolute Gasteiger partial charge is 0.350 e. The first-order chi connectivity index (χ1) is 8.92. The van der Waals surface area contributed by atoms with Gasteiger partial charge < -0.3 is 4.90 Å². The first-order valence-corrected chi connectivity index (χ1v) is 6.52. The summed E-state index contributed by atoms with van der Waals surface area (Å²) < 4.78 is 1.78. The van der Waals surface area contributed by atoms with E-state index in [-0.39, 0.29) is 0 Å². The molecule has 5 nitrogen and oxygen atoms in total. The van der Waals surface area contributed by atoms with Crippen molar-refractivity contribution >= 4 is 5.82 Å². The van der Waals surface area contributed by atoms with E-state index in [0.717, 1.165) is 11.6 Å². The molecule has 0 aliphatic carbocycles. The standard InChI is InChI=1S/C13H15N5/c1-6-16-17(7-1)12-8-13(15-9-14-12)18-10-2-3-11(18)5-4-10/h1,6-11H,2-5H2. The van der Waals surface area contributed by atoms with Crippen molar-refractivity contribution in [3.8, 4) is 5.82 Å². The van der Waals surface area contributed by atoms with Crippen molar-refractivity contribution < 1.29 is 0 Å². The van der Waals surface area contributed by atoms with Crippen molar-refractivity contribution in [2.75, 3.05) is 4.90 Å². The lowest BCUT2D eigenvalue weighted by atomic mass is 10.0. The highest BCUT2D eigenvalue weighted by Crippen LogP contribution is 2.40. The minimum atomic E-state index is 0.690. The molecule has 2 saturated heterocycles. The maximum absolute atomic E-state index is 4.45. The minimum absolute atomic E-state index is 0.690. The van der Waals surface area contributed by atoms with Crippen LogP contribution >= 0.6 is 0 Å². The van der Waals surface area contributed by atoms with Gasteiger partial charge in [0.05, 0.1) is 0 Å². The van der Waals surface area contributed by atoms with Crippen LogP contribution in [0.2, 0.25) is 0 Å². The first-order valence-electron chi connectivity index (χ1n) is 6.52. The number of nitrogens with zero attached hydrogens (tertiary/aromatic N) is 5. The predicted molar refractivity (Wildman–Crippen MR) is 67.7 cm³/mol. The molecule has 0 amide bonds. The molecule has 4 heterocycles. The lowest BCUT2D eigenvalue weighted by Gasteiger charge is -2.23. The highest BCUT2D eigenvalue weighted by Gasteiger charge is 2.40. The number of fused-ring (bicyclic) bond motifs is 2. The van der Waals surface area contributed by atoms with E-state index in [4.69, 9.17) is 0 Å². The topological polar surface area (TPSA) is 46.8 Å². The summed E-state index contributed by atoms with van der Waals surface area (Å²) in [6.07, 6.45) is 10.6. The van der Waals surface area contributed by atoms with Crippen molar-refractivity contribution in [1.82, 2.24) is 19.7 Å². The van der Waals surface area contributed by atoms with Crippen molar-refractivity contribution in [3.63, 3.8) is 0 Å². The van der Waals surface area contributed by atoms with E-state index in [9.17, 15) is 0 Å². The van der Waals surface area contributed by atoms with E-state index in [1.807, 2.05) is 18.3 Å². The lowest BCUT2D eigenvalue weighted by Crippen LogP contribution is -2.29. The van der Waals surface area contributed by atoms with Gasteiger partial charge in [-0.05, 0) is 31.7 Å². The molecule has 92 valence electrons. The highest BCUT2D eigenvalue weighted by molar-refractivity contribution is 5.47. The summed E-state index contributed by atoms with van der Waals surface area (Å²) in [5.41, 5.74) is 0. The van der Waals surface area contributed by atoms with Gasteiger partial charge in [-0.2, -0.15) is 5.10 Å². The molecule has 5 heteroatoms. The maximum Gasteiger partial charge on any atom is 0.158 e. The number of hydrogen-bond acceptors (Lipinski definition) is 4. The molecule has 0 atom stereocenters. The van der Waals surface area contributed by atoms with Gasteiger partial charge in [-0.25, -0.2) is 14.6 Å². The number of aromatic nitrogens is 4. The zero-order valence-corrected chi connectivity index (χ0v) is 10.1. The Morgan fingerprint density at radius 3 is 2.39 bits per heavy atom. The van der Waals surface area contributed by atoms with Gasteiger partial charge in [0.15, 0.2) is 5.82 Å². The van der Waals surface area contributed by atoms with Crippen LogP contribution in [0.15, 0.2) is 30.9 Å². The Morgan fingerprint density at radius 1 is 1.00 bits per heavy atom. The van der Waals surface area contributed by atoms with Crippen molar-refractivity contribution in [3.05, 3.63) is 30.9 Å². The van der Waals surface area contributed by atoms with Gasteiger partial charge in [-0.3, -0.25) is 0 Å². The SMILES string of the molecule is c1cnn(-c2cc(N3C4CCC3CC4)ncn2)c1. The smallest absolute Gasteiger partial charge is 0.158 e. The molecular formula is C13H15N5. The van der Waals surface area contributed by atoms with E-state index in [0.29, 0.717) is 12.1 Å². The Balaban J connectivity index is 1.72. The molecule has 2 bridgehead atoms. The van der Waals surface area contributed by atoms with Crippen LogP contribution in [0, 0.1) is 0 Å². The van der Waals surface area contributed by atoms with Crippen LogP contribution in [0.3, 0.4) is 0 Å². The summed E-state index contributed by atoms with van der Waals surface area (Å²) >= 11 is 0. The molecule has 4 rings (SSSR count). The van der Waals surface area contributed by atoms with Crippen molar-refractivity contribution in [2.45, 2.75) is 37.8 Å². The second kappa shape index (κ2) is 3.80. The molecule has 0 radical (unpaired) electrons. The summed E-state index contributed by atoms with van der Waals surface area (Å²) in [4.78, 5) is 11.2. The van der Waals surface area contributed by atoms with Crippen LogP contribution in [-0.2, 0) is 0 Å². The number of hydrogen-bond donors (Lipinski definition) is 0. The van der Waals surface area contributed by atoms with Crippen LogP contribution in [0.5, 0.6) is 0 Å². The van der Waals surface area contributed by atoms with Crippen molar-refractivity contribution in [1.29, 1.82) is 0 Å². The third-order valence-electron chi connectivity index (χ3n) is 4.09. The number of rotatable bonds is 2. The van der Waals surface area contributed by atoms with Crippen LogP contribution in [0.25, 0.3) is 5.82 Å². The zero-order valence-electron chi connectivity index (χ0n) is 10.1. The van der Waals surface area contributed by atoms with Gasteiger partial charge in [-0.15, -0.1) is 0 Å². The van der Waals surface area contributed by atoms with E-state index < -0.39 is 0 Å². The molecule has 2 aromatic heterocycles. The van der Waals surface area contributed by atoms with Gasteiger partial charge in [0.25, 0.3) is 0 Å². The molecule has 2 aliphatic rings. The zero-order chi connectivity index (χ0) is 11.9. The average molecular weight is 241 g/mol. The van der Waals surface area contributed by atoms with Crippen LogP contribution in [-0.4, -0.2) is 31.8 Å². The average Bonchev–Trinajstić information content (AvgIpc) is 3.16. The van der Waals surface area contributed by atoms with E-state index in [2.05, 4.69) is 20.0 Å². The van der Waals surface area contributed by atoms with Gasteiger partial charge >= 0.3 is 0 Å². The van der Waals surface area contributed by atoms with Crippen LogP contribution < -0.4 is 4.90 Å². The quantitative estimate of drug-likeness (QED) is 0.804. The molecule has 2 aliphatic heterocycles. The molecule has 0 N–H and O–H groups in total. The van der Waals surface area contributed by atoms with E-state index >= 15 is 0 Å². The fourth-order valence-corrected chi connectivity index (χ4v) is 3.29. The number of anilines is 1. The second-order valence-corrected chi connectivity index (χ2v) is 5.05. The Kier molecular flexibility index (Phi) is 2.12. The molecule has 2 aromatic rings. The fourth-order valence-electron chi connectivity index (χ4n) is 3.29. The molecule has 0 saturated carbocycles. The molecule has 0 unspecified atom stereocenters. The Hall–Kier alpha value is -1.91. The third kappa shape index (κ3) is 1.43. The van der Waals surface area contributed by atoms with Crippen molar-refractivity contribution in [2.24, 2.45) is 0 Å². The summed E-state index contributed by atoms with van der Waals surface area (Å²) in [5, 5.41) is 4.22. The molecule has 18 heavy (non-hydrogen) atoms. The lowest BCUT2D eigenvalue weighted by molar-refractivity contribution is 0.576. The Morgan fingerprint density at radius 2 is 1.72 bits per heavy atom. The monoisotopic (exact) mass is 241 g/mol. The van der Waals surface area contributed by atoms with Gasteiger partial charge in [-0.1, -0.05) is 0 Å². The van der Waals surface area contributed by atoms with E-state index in [1.165, 1.54) is 25.7 Å². The van der Waals surface area contributed by atoms with Gasteiger partial charge in [0.1, 0.15) is 12.1 Å². The Bertz CT molecular complexity index is 530. The maximum atomic E-state index is 4.45. The van der Waals surface area contributed by atoms with E-state index in [1.54, 1.807) is 17.2 Å². The Labute approximate surface area is 105 Å². The van der Waals surface area contributed by atoms with Gasteiger partial charge in [0.2, 0.25) is 0 Å². The summed E-state index contributed by atoms with van der Waals surface area (Å²) in [6.45, 7) is 0. The highest BCUT2D eigenvalue weighted by atomic mass is 15.3. The first kappa shape index (κ1) is 10.1. The molecule has 2 fully saturated rings. The normalized spacial score (nSPS) is 25.9. The van der Waals surface area contributed by atoms with Gasteiger partial charge in [0, 0.05) is 30.5 Å². The molecule has 0 spiro atoms. The second-order valence-electron chi connectivity index (χ2n) is 5.05. The van der Waals surface area contributed by atoms with Crippen LogP contribution in [0.4, 0.5) is 5.82 Å². The summed E-state index contributed by atoms with van der Waals surface area (Å²) in [7, 11) is 0. The minimum Gasteiger partial charge on any atom is -0.350 e. The summed E-state index contributed by atoms with van der Waals surface area (Å²) in [6, 6.07) is 5.33. The predicted octanol–water partition coefficient (Wildman–Crippen LogP) is 1.79. The summed E-state index contributed by atoms with van der Waals surface area (Å²) in [5.74, 6) is 1.90. The molecular weight excluding hydrogens is 226 g/mol. The van der Waals surface area contributed by atoms with Crippen LogP contribution in [0.1, 0.15) is 25.7 Å². The fraction of sp³-hybridized carbons (Fsp3) is 0.462.